The summed E-state index contributed by atoms with van der Waals surface area (Å²) in [5, 5.41) is 0. The van der Waals surface area contributed by atoms with Crippen molar-refractivity contribution < 1.29 is 4.39 Å². The van der Waals surface area contributed by atoms with Crippen molar-refractivity contribution in [1.29, 1.82) is 0 Å². The van der Waals surface area contributed by atoms with Crippen molar-refractivity contribution in [1.82, 2.24) is 4.90 Å². The Morgan fingerprint density at radius 2 is 2.08 bits per heavy atom. The summed E-state index contributed by atoms with van der Waals surface area (Å²) in [4.78, 5) is 1.89. The van der Waals surface area contributed by atoms with Crippen molar-refractivity contribution >= 4 is 0 Å². The Morgan fingerprint density at radius 3 is 2.42 bits per heavy atom. The van der Waals surface area contributed by atoms with E-state index < -0.39 is 0 Å². The zero-order chi connectivity index (χ0) is 9.56. The van der Waals surface area contributed by atoms with Crippen LogP contribution in [-0.2, 0) is 0 Å². The molecule has 0 radical (unpaired) electrons. The highest BCUT2D eigenvalue weighted by Crippen LogP contribution is 2.10. The smallest absolute Gasteiger partial charge is 0.105 e. The Bertz CT molecular complexity index is 148. The fourth-order valence-corrected chi connectivity index (χ4v) is 1.18. The van der Waals surface area contributed by atoms with Gasteiger partial charge in [-0.1, -0.05) is 19.8 Å². The summed E-state index contributed by atoms with van der Waals surface area (Å²) in [6, 6.07) is -0.0129. The second-order valence-corrected chi connectivity index (χ2v) is 3.56. The van der Waals surface area contributed by atoms with E-state index in [1.165, 1.54) is 0 Å². The van der Waals surface area contributed by atoms with E-state index in [-0.39, 0.29) is 12.7 Å². The lowest BCUT2D eigenvalue weighted by Gasteiger charge is -2.24. The van der Waals surface area contributed by atoms with Gasteiger partial charge in [-0.05, 0) is 19.4 Å². The quantitative estimate of drug-likeness (QED) is 0.571. The molecule has 0 aromatic heterocycles. The van der Waals surface area contributed by atoms with Crippen LogP contribution in [0.5, 0.6) is 0 Å². The summed E-state index contributed by atoms with van der Waals surface area (Å²) in [5.41, 5.74) is 0. The van der Waals surface area contributed by atoms with Gasteiger partial charge >= 0.3 is 0 Å². The van der Waals surface area contributed by atoms with Gasteiger partial charge < -0.3 is 0 Å². The highest BCUT2D eigenvalue weighted by atomic mass is 19.1. The molecular weight excluding hydrogens is 153 g/mol. The first-order valence-electron chi connectivity index (χ1n) is 4.31. The molecule has 70 valence electrons. The molecule has 2 heteroatoms. The average Bonchev–Trinajstić information content (AvgIpc) is 2.00. The first kappa shape index (κ1) is 11.4. The molecule has 0 fully saturated rings. The van der Waals surface area contributed by atoms with Gasteiger partial charge in [-0.25, -0.2) is 4.39 Å². The van der Waals surface area contributed by atoms with Gasteiger partial charge in [-0.2, -0.15) is 0 Å². The zero-order valence-electron chi connectivity index (χ0n) is 8.18. The van der Waals surface area contributed by atoms with Crippen molar-refractivity contribution in [2.45, 2.75) is 26.3 Å². The Balaban J connectivity index is 3.88. The molecule has 0 saturated heterocycles. The van der Waals surface area contributed by atoms with Crippen molar-refractivity contribution in [2.75, 3.05) is 20.3 Å². The summed E-state index contributed by atoms with van der Waals surface area (Å²) >= 11 is 0. The maximum absolute atomic E-state index is 12.5. The van der Waals surface area contributed by atoms with Crippen molar-refractivity contribution in [3.05, 3.63) is 0 Å². The van der Waals surface area contributed by atoms with Gasteiger partial charge in [0.15, 0.2) is 0 Å². The Labute approximate surface area is 74.9 Å². The molecule has 12 heavy (non-hydrogen) atoms. The molecule has 0 aliphatic rings. The van der Waals surface area contributed by atoms with E-state index in [2.05, 4.69) is 19.8 Å². The van der Waals surface area contributed by atoms with Gasteiger partial charge in [0.25, 0.3) is 0 Å². The molecule has 0 amide bonds. The molecule has 0 aromatic rings. The molecule has 0 aliphatic carbocycles. The maximum Gasteiger partial charge on any atom is 0.105 e. The van der Waals surface area contributed by atoms with Crippen LogP contribution < -0.4 is 0 Å². The van der Waals surface area contributed by atoms with Crippen LogP contribution in [0.1, 0.15) is 20.3 Å². The van der Waals surface area contributed by atoms with E-state index in [0.717, 1.165) is 6.42 Å². The fraction of sp³-hybridized carbons (Fsp3) is 0.800. The molecule has 0 bridgehead atoms. The van der Waals surface area contributed by atoms with Gasteiger partial charge in [0.1, 0.15) is 6.67 Å². The van der Waals surface area contributed by atoms with Crippen LogP contribution in [0.3, 0.4) is 0 Å². The maximum atomic E-state index is 12.5. The van der Waals surface area contributed by atoms with Crippen molar-refractivity contribution in [3.63, 3.8) is 0 Å². The molecular formula is C10H18FN. The monoisotopic (exact) mass is 171 g/mol. The lowest BCUT2D eigenvalue weighted by molar-refractivity contribution is 0.194. The summed E-state index contributed by atoms with van der Waals surface area (Å²) in [5.74, 6) is 3.03. The minimum Gasteiger partial charge on any atom is -0.290 e. The molecule has 0 heterocycles. The minimum absolute atomic E-state index is 0.0129. The molecule has 0 N–H and O–H groups in total. The third-order valence-electron chi connectivity index (χ3n) is 1.89. The number of hydrogen-bond donors (Lipinski definition) is 0. The number of rotatable bonds is 5. The van der Waals surface area contributed by atoms with Gasteiger partial charge in [-0.3, -0.25) is 4.90 Å². The van der Waals surface area contributed by atoms with Crippen LogP contribution in [0.15, 0.2) is 0 Å². The normalized spacial score (nSPS) is 13.4. The van der Waals surface area contributed by atoms with E-state index in [1.807, 2.05) is 11.9 Å². The predicted octanol–water partition coefficient (Wildman–Crippen LogP) is 1.94. The van der Waals surface area contributed by atoms with Crippen LogP contribution in [0.4, 0.5) is 4.39 Å². The van der Waals surface area contributed by atoms with Gasteiger partial charge in [0, 0.05) is 6.04 Å². The van der Waals surface area contributed by atoms with E-state index in [0.29, 0.717) is 12.5 Å². The first-order valence-corrected chi connectivity index (χ1v) is 4.31. The summed E-state index contributed by atoms with van der Waals surface area (Å²) < 4.78 is 12.5. The molecule has 0 spiro atoms. The van der Waals surface area contributed by atoms with E-state index in [4.69, 9.17) is 6.42 Å². The second-order valence-electron chi connectivity index (χ2n) is 3.56. The molecule has 0 unspecified atom stereocenters. The second kappa shape index (κ2) is 6.02. The third kappa shape index (κ3) is 4.35. The fourth-order valence-electron chi connectivity index (χ4n) is 1.18. The van der Waals surface area contributed by atoms with Crippen molar-refractivity contribution in [3.8, 4) is 12.3 Å². The van der Waals surface area contributed by atoms with Gasteiger partial charge in [0.05, 0.1) is 6.54 Å². The predicted molar refractivity (Wildman–Crippen MR) is 50.7 cm³/mol. The zero-order valence-corrected chi connectivity index (χ0v) is 8.18. The largest absolute Gasteiger partial charge is 0.290 e. The number of terminal acetylenes is 1. The van der Waals surface area contributed by atoms with E-state index in [1.54, 1.807) is 0 Å². The average molecular weight is 171 g/mol. The van der Waals surface area contributed by atoms with Crippen LogP contribution in [0, 0.1) is 18.3 Å². The molecule has 1 nitrogen and oxygen atoms in total. The Kier molecular flexibility index (Phi) is 5.74. The third-order valence-corrected chi connectivity index (χ3v) is 1.89. The molecule has 0 saturated carbocycles. The molecule has 0 aliphatic heterocycles. The Morgan fingerprint density at radius 1 is 1.50 bits per heavy atom. The van der Waals surface area contributed by atoms with Crippen LogP contribution in [0.2, 0.25) is 0 Å². The summed E-state index contributed by atoms with van der Waals surface area (Å²) in [6.07, 6.45) is 6.01. The molecule has 0 aromatic carbocycles. The number of halogens is 1. The van der Waals surface area contributed by atoms with Crippen molar-refractivity contribution in [2.24, 2.45) is 5.92 Å². The first-order chi connectivity index (χ1) is 5.61. The minimum atomic E-state index is -0.309. The highest BCUT2D eigenvalue weighted by molar-refractivity contribution is 4.89. The topological polar surface area (TPSA) is 3.24 Å². The number of alkyl halides is 1. The van der Waals surface area contributed by atoms with Gasteiger partial charge in [-0.15, -0.1) is 6.42 Å². The lowest BCUT2D eigenvalue weighted by Crippen LogP contribution is -2.34. The standard InChI is InChI=1S/C10H18FN/c1-5-6-12(4)10(8-11)7-9(2)3/h1,9-10H,6-8H2,2-4H3/t10-/m0/s1/i11+0. The highest BCUT2D eigenvalue weighted by Gasteiger charge is 2.14. The van der Waals surface area contributed by atoms with E-state index >= 15 is 0 Å². The van der Waals surface area contributed by atoms with Gasteiger partial charge in [0.2, 0.25) is 0 Å². The lowest BCUT2D eigenvalue weighted by atomic mass is 10.0. The molecule has 0 rings (SSSR count). The number of hydrogen-bond acceptors (Lipinski definition) is 1. The van der Waals surface area contributed by atoms with Crippen LogP contribution in [-0.4, -0.2) is 31.2 Å². The summed E-state index contributed by atoms with van der Waals surface area (Å²) in [7, 11) is 1.87. The van der Waals surface area contributed by atoms with E-state index in [9.17, 15) is 4.39 Å². The van der Waals surface area contributed by atoms with Crippen LogP contribution in [0.25, 0.3) is 0 Å². The Hall–Kier alpha value is -0.550. The SMILES string of the molecule is C#CCN(C)[C@H](C[19F])CC(C)C. The van der Waals surface area contributed by atoms with Crippen LogP contribution >= 0.6 is 0 Å². The summed E-state index contributed by atoms with van der Waals surface area (Å²) in [6.45, 7) is 4.40. The molecule has 1 atom stereocenters. The number of nitrogens with zero attached hydrogens (tertiary/aromatic N) is 1.